The van der Waals surface area contributed by atoms with Gasteiger partial charge in [-0.3, -0.25) is 9.48 Å². The molecule has 0 unspecified atom stereocenters. The maximum atomic E-state index is 12.7. The van der Waals surface area contributed by atoms with Crippen LogP contribution >= 0.6 is 11.6 Å². The predicted octanol–water partition coefficient (Wildman–Crippen LogP) is 3.68. The Morgan fingerprint density at radius 3 is 2.71 bits per heavy atom. The van der Waals surface area contributed by atoms with E-state index in [1.165, 1.54) is 0 Å². The first-order valence-corrected chi connectivity index (χ1v) is 9.47. The van der Waals surface area contributed by atoms with Gasteiger partial charge >= 0.3 is 0 Å². The third kappa shape index (κ3) is 4.36. The third-order valence-corrected chi connectivity index (χ3v) is 4.83. The van der Waals surface area contributed by atoms with Crippen LogP contribution in [0.4, 0.5) is 0 Å². The van der Waals surface area contributed by atoms with Crippen LogP contribution in [0.1, 0.15) is 34.4 Å². The van der Waals surface area contributed by atoms with Gasteiger partial charge in [-0.25, -0.2) is 4.68 Å². The van der Waals surface area contributed by atoms with Crippen LogP contribution in [0.25, 0.3) is 0 Å². The van der Waals surface area contributed by atoms with Crippen molar-refractivity contribution in [2.45, 2.75) is 40.6 Å². The van der Waals surface area contributed by atoms with E-state index in [0.29, 0.717) is 23.0 Å². The van der Waals surface area contributed by atoms with Crippen LogP contribution in [0.3, 0.4) is 0 Å². The molecule has 2 aromatic heterocycles. The molecule has 0 fully saturated rings. The molecular weight excluding hydrogens is 378 g/mol. The van der Waals surface area contributed by atoms with Crippen LogP contribution < -0.4 is 4.74 Å². The fourth-order valence-electron chi connectivity index (χ4n) is 3.02. The number of amides is 1. The van der Waals surface area contributed by atoms with Gasteiger partial charge in [-0.1, -0.05) is 17.7 Å². The molecule has 0 radical (unpaired) electrons. The molecule has 0 aliphatic heterocycles. The Morgan fingerprint density at radius 2 is 2.04 bits per heavy atom. The molecule has 0 aliphatic rings. The second-order valence-electron chi connectivity index (χ2n) is 6.60. The molecule has 3 rings (SSSR count). The SMILES string of the molecule is CCn1nc(C)c(CN(C)C(=O)c2ccn(COc3cccc(Cl)c3)n2)c1C. The van der Waals surface area contributed by atoms with Gasteiger partial charge in [0.15, 0.2) is 12.4 Å². The molecule has 0 aliphatic carbocycles. The summed E-state index contributed by atoms with van der Waals surface area (Å²) in [5.41, 5.74) is 3.47. The maximum absolute atomic E-state index is 12.7. The minimum Gasteiger partial charge on any atom is -0.471 e. The van der Waals surface area contributed by atoms with Gasteiger partial charge in [-0.15, -0.1) is 0 Å². The lowest BCUT2D eigenvalue weighted by Crippen LogP contribution is -2.27. The quantitative estimate of drug-likeness (QED) is 0.605. The van der Waals surface area contributed by atoms with E-state index in [0.717, 1.165) is 23.5 Å². The molecule has 1 amide bonds. The maximum Gasteiger partial charge on any atom is 0.274 e. The molecule has 2 heterocycles. The summed E-state index contributed by atoms with van der Waals surface area (Å²) in [4.78, 5) is 14.4. The molecular formula is C20H24ClN5O2. The van der Waals surface area contributed by atoms with E-state index in [1.807, 2.05) is 30.7 Å². The van der Waals surface area contributed by atoms with Crippen molar-refractivity contribution in [3.8, 4) is 5.75 Å². The van der Waals surface area contributed by atoms with E-state index in [4.69, 9.17) is 16.3 Å². The number of carbonyl (C=O) groups excluding carboxylic acids is 1. The number of hydrogen-bond acceptors (Lipinski definition) is 4. The molecule has 148 valence electrons. The summed E-state index contributed by atoms with van der Waals surface area (Å²) >= 11 is 5.95. The van der Waals surface area contributed by atoms with Crippen LogP contribution in [0, 0.1) is 13.8 Å². The number of ether oxygens (including phenoxy) is 1. The highest BCUT2D eigenvalue weighted by Gasteiger charge is 2.19. The monoisotopic (exact) mass is 401 g/mol. The van der Waals surface area contributed by atoms with Gasteiger partial charge in [-0.05, 0) is 45.0 Å². The molecule has 7 nitrogen and oxygen atoms in total. The van der Waals surface area contributed by atoms with Crippen LogP contribution in [-0.2, 0) is 19.8 Å². The van der Waals surface area contributed by atoms with Gasteiger partial charge in [-0.2, -0.15) is 10.2 Å². The predicted molar refractivity (Wildman–Crippen MR) is 107 cm³/mol. The van der Waals surface area contributed by atoms with E-state index in [-0.39, 0.29) is 12.6 Å². The Kier molecular flexibility index (Phi) is 6.04. The Balaban J connectivity index is 1.64. The zero-order valence-corrected chi connectivity index (χ0v) is 17.3. The summed E-state index contributed by atoms with van der Waals surface area (Å²) in [5.74, 6) is 0.497. The molecule has 0 saturated heterocycles. The van der Waals surface area contributed by atoms with Gasteiger partial charge < -0.3 is 9.64 Å². The molecule has 0 saturated carbocycles. The number of rotatable bonds is 7. The van der Waals surface area contributed by atoms with Crippen LogP contribution in [0.15, 0.2) is 36.5 Å². The van der Waals surface area contributed by atoms with Crippen molar-refractivity contribution in [3.05, 3.63) is 64.2 Å². The highest BCUT2D eigenvalue weighted by molar-refractivity contribution is 6.30. The van der Waals surface area contributed by atoms with E-state index in [9.17, 15) is 4.79 Å². The van der Waals surface area contributed by atoms with Crippen molar-refractivity contribution < 1.29 is 9.53 Å². The van der Waals surface area contributed by atoms with Crippen molar-refractivity contribution in [3.63, 3.8) is 0 Å². The number of benzene rings is 1. The molecule has 0 bridgehead atoms. The Bertz CT molecular complexity index is 979. The second kappa shape index (κ2) is 8.48. The Morgan fingerprint density at radius 1 is 1.25 bits per heavy atom. The molecule has 28 heavy (non-hydrogen) atoms. The highest BCUT2D eigenvalue weighted by Crippen LogP contribution is 2.18. The highest BCUT2D eigenvalue weighted by atomic mass is 35.5. The molecule has 0 N–H and O–H groups in total. The summed E-state index contributed by atoms with van der Waals surface area (Å²) in [6, 6.07) is 8.83. The minimum absolute atomic E-state index is 0.149. The average molecular weight is 402 g/mol. The second-order valence-corrected chi connectivity index (χ2v) is 7.03. The van der Waals surface area contributed by atoms with Crippen LogP contribution in [-0.4, -0.2) is 37.4 Å². The summed E-state index contributed by atoms with van der Waals surface area (Å²) in [5, 5.41) is 9.44. The summed E-state index contributed by atoms with van der Waals surface area (Å²) in [6.07, 6.45) is 1.72. The van der Waals surface area contributed by atoms with Crippen molar-refractivity contribution in [1.29, 1.82) is 0 Å². The lowest BCUT2D eigenvalue weighted by molar-refractivity contribution is 0.0776. The Hall–Kier alpha value is -2.80. The van der Waals surface area contributed by atoms with Crippen LogP contribution in [0.2, 0.25) is 5.02 Å². The normalized spacial score (nSPS) is 10.9. The van der Waals surface area contributed by atoms with E-state index < -0.39 is 0 Å². The summed E-state index contributed by atoms with van der Waals surface area (Å²) in [7, 11) is 1.77. The average Bonchev–Trinajstić information content (AvgIpc) is 3.25. The smallest absolute Gasteiger partial charge is 0.274 e. The van der Waals surface area contributed by atoms with Gasteiger partial charge in [0.2, 0.25) is 0 Å². The standard InChI is InChI=1S/C20H24ClN5O2/c1-5-26-15(3)18(14(2)22-26)12-24(4)20(27)19-9-10-25(23-19)13-28-17-8-6-7-16(21)11-17/h6-11H,5,12-13H2,1-4H3. The number of hydrogen-bond donors (Lipinski definition) is 0. The van der Waals surface area contributed by atoms with Crippen LogP contribution in [0.5, 0.6) is 5.75 Å². The van der Waals surface area contributed by atoms with Crippen molar-refractivity contribution in [1.82, 2.24) is 24.5 Å². The fraction of sp³-hybridized carbons (Fsp3) is 0.350. The molecule has 1 aromatic carbocycles. The number of carbonyl (C=O) groups is 1. The lowest BCUT2D eigenvalue weighted by atomic mass is 10.2. The number of halogens is 1. The molecule has 3 aromatic rings. The summed E-state index contributed by atoms with van der Waals surface area (Å²) in [6.45, 7) is 7.53. The van der Waals surface area contributed by atoms with E-state index in [1.54, 1.807) is 41.0 Å². The number of aryl methyl sites for hydroxylation is 2. The van der Waals surface area contributed by atoms with Gasteiger partial charge in [0.05, 0.1) is 5.69 Å². The van der Waals surface area contributed by atoms with Crippen molar-refractivity contribution >= 4 is 17.5 Å². The van der Waals surface area contributed by atoms with Gasteiger partial charge in [0, 0.05) is 42.6 Å². The van der Waals surface area contributed by atoms with Gasteiger partial charge in [0.1, 0.15) is 5.75 Å². The lowest BCUT2D eigenvalue weighted by Gasteiger charge is -2.16. The minimum atomic E-state index is -0.149. The first-order valence-electron chi connectivity index (χ1n) is 9.09. The first kappa shape index (κ1) is 19.9. The molecule has 0 atom stereocenters. The van der Waals surface area contributed by atoms with E-state index in [2.05, 4.69) is 17.1 Å². The van der Waals surface area contributed by atoms with Crippen molar-refractivity contribution in [2.75, 3.05) is 7.05 Å². The van der Waals surface area contributed by atoms with Crippen molar-refractivity contribution in [2.24, 2.45) is 0 Å². The topological polar surface area (TPSA) is 65.2 Å². The zero-order chi connectivity index (χ0) is 20.3. The molecule has 8 heteroatoms. The third-order valence-electron chi connectivity index (χ3n) is 4.59. The summed E-state index contributed by atoms with van der Waals surface area (Å²) < 4.78 is 9.18. The number of nitrogens with zero attached hydrogens (tertiary/aromatic N) is 5. The van der Waals surface area contributed by atoms with Gasteiger partial charge in [0.25, 0.3) is 5.91 Å². The van der Waals surface area contributed by atoms with E-state index >= 15 is 0 Å². The molecule has 0 spiro atoms. The Labute approximate surface area is 169 Å². The first-order chi connectivity index (χ1) is 13.4. The fourth-order valence-corrected chi connectivity index (χ4v) is 3.20. The largest absolute Gasteiger partial charge is 0.471 e. The number of aromatic nitrogens is 4. The zero-order valence-electron chi connectivity index (χ0n) is 16.5.